The van der Waals surface area contributed by atoms with Crippen LogP contribution in [0.1, 0.15) is 52.0 Å². The fourth-order valence-corrected chi connectivity index (χ4v) is 11.0. The first-order valence-electron chi connectivity index (χ1n) is 20.6. The van der Waals surface area contributed by atoms with Crippen molar-refractivity contribution >= 4 is 0 Å². The van der Waals surface area contributed by atoms with Crippen molar-refractivity contribution in [3.05, 3.63) is 250 Å². The van der Waals surface area contributed by atoms with Crippen molar-refractivity contribution in [2.75, 3.05) is 7.05 Å². The molecule has 6 aliphatic rings. The molecule has 4 unspecified atom stereocenters. The number of nitrogens with zero attached hydrogens (tertiary/aromatic N) is 1. The van der Waals surface area contributed by atoms with Gasteiger partial charge in [0.2, 0.25) is 0 Å². The normalized spacial score (nSPS) is 22.8. The Kier molecular flexibility index (Phi) is 7.46. The van der Waals surface area contributed by atoms with Gasteiger partial charge in [0.25, 0.3) is 0 Å². The quantitative estimate of drug-likeness (QED) is 0.182. The fourth-order valence-electron chi connectivity index (χ4n) is 11.0. The van der Waals surface area contributed by atoms with E-state index >= 15 is 0 Å². The Morgan fingerprint density at radius 2 is 1.36 bits per heavy atom. The minimum Gasteiger partial charge on any atom is -0.457 e. The van der Waals surface area contributed by atoms with Crippen molar-refractivity contribution < 1.29 is 4.74 Å². The summed E-state index contributed by atoms with van der Waals surface area (Å²) in [4.78, 5) is 2.48. The SMILES string of the molecule is CN1C(c2ccccc2)C=C(C2=CC3C=CCC4=CC=CC(=C2)C43)NC1c1ccccc1-c1ccc2c(c1)Oc1ccccc1C21c2ccccc2-c2ccccc21. The van der Waals surface area contributed by atoms with E-state index < -0.39 is 5.41 Å². The number of allylic oxidation sites excluding steroid dienone is 9. The molecule has 0 saturated carbocycles. The largest absolute Gasteiger partial charge is 0.457 e. The highest BCUT2D eigenvalue weighted by molar-refractivity contribution is 5.89. The molecule has 0 aromatic heterocycles. The third-order valence-electron chi connectivity index (χ3n) is 13.5. The highest BCUT2D eigenvalue weighted by atomic mass is 16.5. The lowest BCUT2D eigenvalue weighted by atomic mass is 9.66. The number of hydrogen-bond acceptors (Lipinski definition) is 3. The molecule has 0 fully saturated rings. The van der Waals surface area contributed by atoms with Crippen LogP contribution in [-0.4, -0.2) is 11.9 Å². The van der Waals surface area contributed by atoms with Crippen LogP contribution in [0.4, 0.5) is 0 Å². The zero-order valence-corrected chi connectivity index (χ0v) is 32.3. The van der Waals surface area contributed by atoms with Gasteiger partial charge < -0.3 is 10.1 Å². The van der Waals surface area contributed by atoms with Gasteiger partial charge in [0.05, 0.1) is 11.5 Å². The summed E-state index contributed by atoms with van der Waals surface area (Å²) in [7, 11) is 2.25. The van der Waals surface area contributed by atoms with Crippen LogP contribution in [0.2, 0.25) is 0 Å². The third-order valence-corrected chi connectivity index (χ3v) is 13.5. The average Bonchev–Trinajstić information content (AvgIpc) is 3.57. The van der Waals surface area contributed by atoms with E-state index in [1.807, 2.05) is 0 Å². The Balaban J connectivity index is 0.991. The van der Waals surface area contributed by atoms with Gasteiger partial charge in [0.15, 0.2) is 0 Å². The van der Waals surface area contributed by atoms with E-state index in [2.05, 4.69) is 211 Å². The standard InChI is InChI=1S/C55H42N2O/c1-57-50(35-15-3-2-4-16-35)34-49(40-31-38-19-13-17-36-18-14-20-39(32-40)53(36)38)56-54(57)44-24-6-5-21-41(44)37-29-30-48-52(33-37)58-51-28-12-11-27-47(51)55(48)45-25-9-7-22-42(45)43-23-8-10-26-46(43)55/h2-17,19-34,39,50,53-54,56H,18H2,1H3. The molecule has 0 radical (unpaired) electrons. The second-order valence-corrected chi connectivity index (χ2v) is 16.4. The number of rotatable bonds is 4. The summed E-state index contributed by atoms with van der Waals surface area (Å²) >= 11 is 0. The molecule has 3 nitrogen and oxygen atoms in total. The van der Waals surface area contributed by atoms with E-state index in [1.54, 1.807) is 0 Å². The number of nitrogens with one attached hydrogen (secondary N) is 1. The molecular formula is C55H42N2O. The van der Waals surface area contributed by atoms with Crippen LogP contribution < -0.4 is 10.1 Å². The maximum atomic E-state index is 6.95. The molecule has 3 heteroatoms. The fraction of sp³-hybridized carbons (Fsp3) is 0.127. The summed E-state index contributed by atoms with van der Waals surface area (Å²) in [6, 6.07) is 53.3. The van der Waals surface area contributed by atoms with Gasteiger partial charge >= 0.3 is 0 Å². The highest BCUT2D eigenvalue weighted by Gasteiger charge is 2.51. The zero-order valence-electron chi connectivity index (χ0n) is 32.3. The predicted octanol–water partition coefficient (Wildman–Crippen LogP) is 12.5. The van der Waals surface area contributed by atoms with Crippen molar-refractivity contribution in [1.82, 2.24) is 10.2 Å². The first kappa shape index (κ1) is 33.5. The van der Waals surface area contributed by atoms with Crippen molar-refractivity contribution in [1.29, 1.82) is 0 Å². The van der Waals surface area contributed by atoms with E-state index in [9.17, 15) is 0 Å². The van der Waals surface area contributed by atoms with E-state index in [0.717, 1.165) is 23.5 Å². The summed E-state index contributed by atoms with van der Waals surface area (Å²) in [5, 5.41) is 4.09. The molecule has 2 heterocycles. The van der Waals surface area contributed by atoms with Gasteiger partial charge in [-0.1, -0.05) is 175 Å². The average molecular weight is 747 g/mol. The molecule has 12 rings (SSSR count). The lowest BCUT2D eigenvalue weighted by Gasteiger charge is -2.42. The Labute approximate surface area is 340 Å². The molecule has 6 aromatic rings. The molecule has 1 N–H and O–H groups in total. The van der Waals surface area contributed by atoms with Gasteiger partial charge in [-0.2, -0.15) is 0 Å². The van der Waals surface area contributed by atoms with Crippen LogP contribution in [0.15, 0.2) is 217 Å². The van der Waals surface area contributed by atoms with E-state index in [4.69, 9.17) is 4.74 Å². The Morgan fingerprint density at radius 3 is 2.17 bits per heavy atom. The summed E-state index contributed by atoms with van der Waals surface area (Å²) in [5.41, 5.74) is 17.2. The van der Waals surface area contributed by atoms with Crippen LogP contribution in [0.3, 0.4) is 0 Å². The summed E-state index contributed by atoms with van der Waals surface area (Å²) < 4.78 is 6.95. The number of likely N-dealkylation sites (N-methyl/N-ethyl adjacent to an activating group) is 1. The smallest absolute Gasteiger partial charge is 0.132 e. The van der Waals surface area contributed by atoms with E-state index in [1.165, 1.54) is 72.5 Å². The van der Waals surface area contributed by atoms with Gasteiger partial charge in [-0.05, 0) is 93.4 Å². The van der Waals surface area contributed by atoms with Gasteiger partial charge in [-0.25, -0.2) is 0 Å². The minimum atomic E-state index is -0.484. The predicted molar refractivity (Wildman–Crippen MR) is 234 cm³/mol. The van der Waals surface area contributed by atoms with Crippen LogP contribution in [0.5, 0.6) is 11.5 Å². The monoisotopic (exact) mass is 746 g/mol. The summed E-state index contributed by atoms with van der Waals surface area (Å²) in [6.45, 7) is 0. The number of para-hydroxylation sites is 1. The molecule has 4 atom stereocenters. The molecule has 58 heavy (non-hydrogen) atoms. The van der Waals surface area contributed by atoms with Gasteiger partial charge in [0.1, 0.15) is 17.7 Å². The van der Waals surface area contributed by atoms with Crippen LogP contribution in [-0.2, 0) is 5.41 Å². The van der Waals surface area contributed by atoms with E-state index in [0.29, 0.717) is 11.8 Å². The molecule has 6 aromatic carbocycles. The molecular weight excluding hydrogens is 705 g/mol. The molecule has 0 bridgehead atoms. The summed E-state index contributed by atoms with van der Waals surface area (Å²) in [5.74, 6) is 2.59. The summed E-state index contributed by atoms with van der Waals surface area (Å²) in [6.07, 6.45) is 19.9. The lowest BCUT2D eigenvalue weighted by Crippen LogP contribution is -2.42. The Morgan fingerprint density at radius 1 is 0.672 bits per heavy atom. The van der Waals surface area contributed by atoms with Gasteiger partial charge in [-0.15, -0.1) is 0 Å². The van der Waals surface area contributed by atoms with Crippen molar-refractivity contribution in [3.8, 4) is 33.8 Å². The molecule has 0 saturated heterocycles. The second-order valence-electron chi connectivity index (χ2n) is 16.4. The number of benzene rings is 6. The van der Waals surface area contributed by atoms with Crippen molar-refractivity contribution in [2.24, 2.45) is 11.8 Å². The number of fused-ring (bicyclic) bond motifs is 9. The minimum absolute atomic E-state index is 0.0671. The van der Waals surface area contributed by atoms with Crippen LogP contribution in [0, 0.1) is 11.8 Å². The zero-order chi connectivity index (χ0) is 38.4. The molecule has 4 aliphatic carbocycles. The van der Waals surface area contributed by atoms with Crippen molar-refractivity contribution in [3.63, 3.8) is 0 Å². The van der Waals surface area contributed by atoms with Gasteiger partial charge in [0, 0.05) is 28.7 Å². The maximum Gasteiger partial charge on any atom is 0.132 e. The van der Waals surface area contributed by atoms with Gasteiger partial charge in [-0.3, -0.25) is 4.90 Å². The van der Waals surface area contributed by atoms with Crippen LogP contribution >= 0.6 is 0 Å². The molecule has 278 valence electrons. The van der Waals surface area contributed by atoms with Crippen molar-refractivity contribution in [2.45, 2.75) is 24.0 Å². The van der Waals surface area contributed by atoms with E-state index in [-0.39, 0.29) is 12.2 Å². The first-order chi connectivity index (χ1) is 28.7. The lowest BCUT2D eigenvalue weighted by molar-refractivity contribution is 0.167. The molecule has 0 amide bonds. The Bertz CT molecular complexity index is 2820. The topological polar surface area (TPSA) is 24.5 Å². The molecule has 1 spiro atoms. The number of hydrogen-bond donors (Lipinski definition) is 1. The second kappa shape index (κ2) is 12.9. The number of ether oxygens (including phenoxy) is 1. The molecule has 2 aliphatic heterocycles. The van der Waals surface area contributed by atoms with Crippen LogP contribution in [0.25, 0.3) is 22.3 Å². The first-order valence-corrected chi connectivity index (χ1v) is 20.6. The highest BCUT2D eigenvalue weighted by Crippen LogP contribution is 2.62. The Hall–Kier alpha value is -6.68. The maximum absolute atomic E-state index is 6.95. The third kappa shape index (κ3) is 4.84.